The SMILES string of the molecule is O=C=C1CC=CO1.c1ccncc1. The number of ether oxygens (including phenoxy) is 1. The minimum Gasteiger partial charge on any atom is -0.458 e. The van der Waals surface area contributed by atoms with Crippen LogP contribution in [-0.4, -0.2) is 10.9 Å². The van der Waals surface area contributed by atoms with Crippen LogP contribution in [0.15, 0.2) is 48.7 Å². The zero-order valence-corrected chi connectivity index (χ0v) is 7.01. The van der Waals surface area contributed by atoms with Crippen molar-refractivity contribution >= 4 is 5.94 Å². The predicted molar refractivity (Wildman–Crippen MR) is 48.3 cm³/mol. The van der Waals surface area contributed by atoms with Crippen LogP contribution < -0.4 is 0 Å². The molecule has 0 saturated carbocycles. The third-order valence-corrected chi connectivity index (χ3v) is 1.29. The van der Waals surface area contributed by atoms with Crippen LogP contribution in [0, 0.1) is 0 Å². The monoisotopic (exact) mass is 175 g/mol. The number of hydrogen-bond acceptors (Lipinski definition) is 3. The Kier molecular flexibility index (Phi) is 4.08. The van der Waals surface area contributed by atoms with Gasteiger partial charge < -0.3 is 4.74 Å². The van der Waals surface area contributed by atoms with E-state index in [1.54, 1.807) is 24.4 Å². The molecule has 0 amide bonds. The van der Waals surface area contributed by atoms with Gasteiger partial charge in [-0.2, -0.15) is 0 Å². The van der Waals surface area contributed by atoms with E-state index in [-0.39, 0.29) is 0 Å². The maximum absolute atomic E-state index is 9.68. The summed E-state index contributed by atoms with van der Waals surface area (Å²) in [7, 11) is 0. The summed E-state index contributed by atoms with van der Waals surface area (Å²) in [6.45, 7) is 0. The van der Waals surface area contributed by atoms with Gasteiger partial charge in [0.05, 0.1) is 6.26 Å². The number of carbonyl (C=O) groups excluding carboxylic acids is 1. The number of nitrogens with zero attached hydrogens (tertiary/aromatic N) is 1. The van der Waals surface area contributed by atoms with Gasteiger partial charge in [-0.1, -0.05) is 6.07 Å². The second-order valence-electron chi connectivity index (χ2n) is 2.24. The van der Waals surface area contributed by atoms with E-state index in [9.17, 15) is 4.79 Å². The maximum Gasteiger partial charge on any atom is 0.190 e. The molecule has 0 bridgehead atoms. The standard InChI is InChI=1S/C5H5N.C5H4O2/c1-2-4-6-5-3-1;6-4-5-2-1-3-7-5/h1-5H;1,3H,2H2. The predicted octanol–water partition coefficient (Wildman–Crippen LogP) is 1.72. The molecule has 0 saturated heterocycles. The Morgan fingerprint density at radius 1 is 1.31 bits per heavy atom. The molecule has 13 heavy (non-hydrogen) atoms. The average Bonchev–Trinajstić information content (AvgIpc) is 2.74. The summed E-state index contributed by atoms with van der Waals surface area (Å²) in [5.41, 5.74) is 0. The largest absolute Gasteiger partial charge is 0.458 e. The summed E-state index contributed by atoms with van der Waals surface area (Å²) >= 11 is 0. The van der Waals surface area contributed by atoms with Gasteiger partial charge in [0, 0.05) is 18.8 Å². The Morgan fingerprint density at radius 3 is 2.31 bits per heavy atom. The van der Waals surface area contributed by atoms with Crippen molar-refractivity contribution < 1.29 is 9.53 Å². The van der Waals surface area contributed by atoms with Crippen LogP contribution in [0.5, 0.6) is 0 Å². The summed E-state index contributed by atoms with van der Waals surface area (Å²) in [6.07, 6.45) is 7.35. The van der Waals surface area contributed by atoms with Gasteiger partial charge in [-0.25, -0.2) is 4.79 Å². The molecule has 1 aromatic rings. The van der Waals surface area contributed by atoms with Crippen LogP contribution in [0.2, 0.25) is 0 Å². The Bertz CT molecular complexity index is 276. The lowest BCUT2D eigenvalue weighted by atomic mass is 10.4. The number of pyridine rings is 1. The Labute approximate surface area is 76.4 Å². The average molecular weight is 175 g/mol. The molecule has 1 aliphatic rings. The molecule has 1 aromatic heterocycles. The van der Waals surface area contributed by atoms with E-state index in [2.05, 4.69) is 9.72 Å². The van der Waals surface area contributed by atoms with E-state index < -0.39 is 0 Å². The molecule has 0 fully saturated rings. The number of rotatable bonds is 0. The van der Waals surface area contributed by atoms with Gasteiger partial charge in [-0.3, -0.25) is 4.98 Å². The van der Waals surface area contributed by atoms with Gasteiger partial charge in [-0.15, -0.1) is 0 Å². The first-order valence-corrected chi connectivity index (χ1v) is 3.84. The maximum atomic E-state index is 9.68. The van der Waals surface area contributed by atoms with E-state index in [0.717, 1.165) is 0 Å². The molecule has 0 unspecified atom stereocenters. The highest BCUT2D eigenvalue weighted by atomic mass is 16.5. The first-order valence-electron chi connectivity index (χ1n) is 3.84. The third-order valence-electron chi connectivity index (χ3n) is 1.29. The van der Waals surface area contributed by atoms with Gasteiger partial charge in [0.25, 0.3) is 0 Å². The topological polar surface area (TPSA) is 39.2 Å². The molecular formula is C10H9NO2. The lowest BCUT2D eigenvalue weighted by Crippen LogP contribution is -1.73. The lowest BCUT2D eigenvalue weighted by molar-refractivity contribution is 0.369. The minimum atomic E-state index is 0.375. The van der Waals surface area contributed by atoms with Crippen molar-refractivity contribution in [3.8, 4) is 0 Å². The highest BCUT2D eigenvalue weighted by Gasteiger charge is 1.98. The van der Waals surface area contributed by atoms with Gasteiger partial charge in [0.15, 0.2) is 11.7 Å². The number of allylic oxidation sites excluding steroid dienone is 1. The van der Waals surface area contributed by atoms with E-state index >= 15 is 0 Å². The summed E-state index contributed by atoms with van der Waals surface area (Å²) in [5, 5.41) is 0. The fourth-order valence-electron chi connectivity index (χ4n) is 0.712. The van der Waals surface area contributed by atoms with Gasteiger partial charge in [0.2, 0.25) is 0 Å². The summed E-state index contributed by atoms with van der Waals surface area (Å²) in [6, 6.07) is 5.72. The van der Waals surface area contributed by atoms with Crippen LogP contribution in [0.25, 0.3) is 0 Å². The molecule has 0 atom stereocenters. The molecule has 66 valence electrons. The van der Waals surface area contributed by atoms with Crippen molar-refractivity contribution in [1.82, 2.24) is 4.98 Å². The third kappa shape index (κ3) is 3.89. The molecule has 1 aliphatic heterocycles. The molecule has 3 heteroatoms. The minimum absolute atomic E-state index is 0.375. The van der Waals surface area contributed by atoms with Crippen LogP contribution >= 0.6 is 0 Å². The zero-order valence-electron chi connectivity index (χ0n) is 7.01. The highest BCUT2D eigenvalue weighted by molar-refractivity contribution is 5.51. The van der Waals surface area contributed by atoms with E-state index in [1.807, 2.05) is 18.2 Å². The molecule has 0 N–H and O–H groups in total. The summed E-state index contributed by atoms with van der Waals surface area (Å²) < 4.78 is 4.61. The molecular weight excluding hydrogens is 166 g/mol. The summed E-state index contributed by atoms with van der Waals surface area (Å²) in [4.78, 5) is 13.5. The quantitative estimate of drug-likeness (QED) is 0.563. The first kappa shape index (κ1) is 9.23. The molecule has 0 aromatic carbocycles. The fraction of sp³-hybridized carbons (Fsp3) is 0.100. The molecule has 0 aliphatic carbocycles. The normalized spacial score (nSPS) is 12.5. The second-order valence-corrected chi connectivity index (χ2v) is 2.24. The van der Waals surface area contributed by atoms with Gasteiger partial charge in [-0.05, 0) is 18.2 Å². The Morgan fingerprint density at radius 2 is 2.08 bits per heavy atom. The van der Waals surface area contributed by atoms with Crippen molar-refractivity contribution in [2.24, 2.45) is 0 Å². The Hall–Kier alpha value is -1.86. The molecule has 0 spiro atoms. The first-order chi connectivity index (χ1) is 6.43. The van der Waals surface area contributed by atoms with Gasteiger partial charge in [0.1, 0.15) is 0 Å². The Balaban J connectivity index is 0.000000132. The lowest BCUT2D eigenvalue weighted by Gasteiger charge is -1.83. The molecule has 3 nitrogen and oxygen atoms in total. The van der Waals surface area contributed by atoms with Crippen molar-refractivity contribution in [3.05, 3.63) is 48.7 Å². The van der Waals surface area contributed by atoms with Crippen molar-refractivity contribution in [2.75, 3.05) is 0 Å². The van der Waals surface area contributed by atoms with Crippen LogP contribution in [0.3, 0.4) is 0 Å². The number of aromatic nitrogens is 1. The van der Waals surface area contributed by atoms with Crippen molar-refractivity contribution in [2.45, 2.75) is 6.42 Å². The van der Waals surface area contributed by atoms with Crippen molar-refractivity contribution in [1.29, 1.82) is 0 Å². The van der Waals surface area contributed by atoms with Gasteiger partial charge >= 0.3 is 0 Å². The smallest absolute Gasteiger partial charge is 0.190 e. The zero-order chi connectivity index (χ0) is 9.36. The van der Waals surface area contributed by atoms with Crippen LogP contribution in [0.1, 0.15) is 6.42 Å². The van der Waals surface area contributed by atoms with Crippen LogP contribution in [0.4, 0.5) is 0 Å². The van der Waals surface area contributed by atoms with E-state index in [1.165, 1.54) is 6.26 Å². The van der Waals surface area contributed by atoms with E-state index in [4.69, 9.17) is 0 Å². The molecule has 0 radical (unpaired) electrons. The molecule has 2 heterocycles. The number of hydrogen-bond donors (Lipinski definition) is 0. The second kappa shape index (κ2) is 5.75. The fourth-order valence-corrected chi connectivity index (χ4v) is 0.712. The van der Waals surface area contributed by atoms with E-state index in [0.29, 0.717) is 12.2 Å². The highest BCUT2D eigenvalue weighted by Crippen LogP contribution is 2.07. The molecule has 2 rings (SSSR count). The summed E-state index contributed by atoms with van der Waals surface area (Å²) in [5.74, 6) is 2.02. The van der Waals surface area contributed by atoms with Crippen molar-refractivity contribution in [3.63, 3.8) is 0 Å². The van der Waals surface area contributed by atoms with Crippen LogP contribution in [-0.2, 0) is 9.53 Å².